The van der Waals surface area contributed by atoms with E-state index < -0.39 is 0 Å². The van der Waals surface area contributed by atoms with Gasteiger partial charge in [-0.05, 0) is 25.1 Å². The zero-order valence-electron chi connectivity index (χ0n) is 7.71. The summed E-state index contributed by atoms with van der Waals surface area (Å²) in [6, 6.07) is 0. The molecule has 0 saturated carbocycles. The SMILES string of the molecule is C=CCNC(=S)NCC1CCCO1. The number of ether oxygens (including phenoxy) is 1. The molecule has 1 atom stereocenters. The number of hydrogen-bond acceptors (Lipinski definition) is 2. The van der Waals surface area contributed by atoms with Crippen LogP contribution in [0.4, 0.5) is 0 Å². The molecule has 1 fully saturated rings. The third-order valence-electron chi connectivity index (χ3n) is 1.92. The van der Waals surface area contributed by atoms with Crippen molar-refractivity contribution in [2.24, 2.45) is 0 Å². The molecule has 1 aliphatic rings. The predicted octanol–water partition coefficient (Wildman–Crippen LogP) is 0.815. The maximum absolute atomic E-state index is 5.44. The summed E-state index contributed by atoms with van der Waals surface area (Å²) in [7, 11) is 0. The van der Waals surface area contributed by atoms with Crippen molar-refractivity contribution in [1.82, 2.24) is 10.6 Å². The average Bonchev–Trinajstić information content (AvgIpc) is 2.64. The van der Waals surface area contributed by atoms with Crippen molar-refractivity contribution in [3.63, 3.8) is 0 Å². The van der Waals surface area contributed by atoms with E-state index in [0.717, 1.165) is 19.6 Å². The molecule has 1 saturated heterocycles. The molecule has 0 bridgehead atoms. The molecule has 3 nitrogen and oxygen atoms in total. The first-order chi connectivity index (χ1) is 6.33. The third-order valence-corrected chi connectivity index (χ3v) is 2.21. The topological polar surface area (TPSA) is 33.3 Å². The summed E-state index contributed by atoms with van der Waals surface area (Å²) in [5.74, 6) is 0. The van der Waals surface area contributed by atoms with Gasteiger partial charge in [-0.1, -0.05) is 6.08 Å². The van der Waals surface area contributed by atoms with Gasteiger partial charge >= 0.3 is 0 Å². The van der Waals surface area contributed by atoms with E-state index in [-0.39, 0.29) is 0 Å². The molecule has 1 heterocycles. The average molecular weight is 200 g/mol. The van der Waals surface area contributed by atoms with Crippen LogP contribution in [0.5, 0.6) is 0 Å². The molecular weight excluding hydrogens is 184 g/mol. The van der Waals surface area contributed by atoms with Gasteiger partial charge in [-0.2, -0.15) is 0 Å². The predicted molar refractivity (Wildman–Crippen MR) is 57.8 cm³/mol. The lowest BCUT2D eigenvalue weighted by Gasteiger charge is -2.12. The monoisotopic (exact) mass is 200 g/mol. The lowest BCUT2D eigenvalue weighted by atomic mass is 10.2. The molecule has 2 N–H and O–H groups in total. The fourth-order valence-electron chi connectivity index (χ4n) is 1.24. The van der Waals surface area contributed by atoms with Crippen molar-refractivity contribution in [1.29, 1.82) is 0 Å². The highest BCUT2D eigenvalue weighted by atomic mass is 32.1. The first-order valence-corrected chi connectivity index (χ1v) is 4.98. The van der Waals surface area contributed by atoms with E-state index in [2.05, 4.69) is 17.2 Å². The second-order valence-corrected chi connectivity index (χ2v) is 3.42. The van der Waals surface area contributed by atoms with Gasteiger partial charge in [0, 0.05) is 19.7 Å². The molecule has 0 radical (unpaired) electrons. The number of thiocarbonyl (C=S) groups is 1. The number of hydrogen-bond donors (Lipinski definition) is 2. The molecule has 13 heavy (non-hydrogen) atoms. The molecule has 0 spiro atoms. The Balaban J connectivity index is 2.03. The Morgan fingerprint density at radius 3 is 3.08 bits per heavy atom. The van der Waals surface area contributed by atoms with Gasteiger partial charge in [0.25, 0.3) is 0 Å². The maximum atomic E-state index is 5.44. The van der Waals surface area contributed by atoms with Crippen molar-refractivity contribution in [3.05, 3.63) is 12.7 Å². The van der Waals surface area contributed by atoms with Crippen LogP contribution in [-0.4, -0.2) is 30.9 Å². The molecule has 1 aliphatic heterocycles. The quantitative estimate of drug-likeness (QED) is 0.520. The van der Waals surface area contributed by atoms with E-state index >= 15 is 0 Å². The molecule has 0 amide bonds. The van der Waals surface area contributed by atoms with E-state index in [9.17, 15) is 0 Å². The molecule has 74 valence electrons. The van der Waals surface area contributed by atoms with E-state index in [1.54, 1.807) is 6.08 Å². The van der Waals surface area contributed by atoms with E-state index in [1.165, 1.54) is 6.42 Å². The molecular formula is C9H16N2OS. The Morgan fingerprint density at radius 2 is 2.46 bits per heavy atom. The minimum absolute atomic E-state index is 0.337. The van der Waals surface area contributed by atoms with Crippen molar-refractivity contribution in [2.45, 2.75) is 18.9 Å². The molecule has 4 heteroatoms. The summed E-state index contributed by atoms with van der Waals surface area (Å²) in [5.41, 5.74) is 0. The lowest BCUT2D eigenvalue weighted by Crippen LogP contribution is -2.39. The number of nitrogens with one attached hydrogen (secondary N) is 2. The minimum atomic E-state index is 0.337. The molecule has 0 aromatic rings. The van der Waals surface area contributed by atoms with Gasteiger partial charge in [0.2, 0.25) is 0 Å². The summed E-state index contributed by atoms with van der Waals surface area (Å²) >= 11 is 5.03. The molecule has 0 aliphatic carbocycles. The first kappa shape index (κ1) is 10.5. The molecule has 1 rings (SSSR count). The van der Waals surface area contributed by atoms with Gasteiger partial charge in [0.15, 0.2) is 5.11 Å². The van der Waals surface area contributed by atoms with Crippen molar-refractivity contribution >= 4 is 17.3 Å². The first-order valence-electron chi connectivity index (χ1n) is 4.57. The maximum Gasteiger partial charge on any atom is 0.166 e. The zero-order valence-corrected chi connectivity index (χ0v) is 8.53. The highest BCUT2D eigenvalue weighted by Gasteiger charge is 2.14. The minimum Gasteiger partial charge on any atom is -0.376 e. The standard InChI is InChI=1S/C9H16N2OS/c1-2-5-10-9(13)11-7-8-4-3-6-12-8/h2,8H,1,3-7H2,(H2,10,11,13). The van der Waals surface area contributed by atoms with Crippen molar-refractivity contribution < 1.29 is 4.74 Å². The van der Waals surface area contributed by atoms with E-state index in [4.69, 9.17) is 17.0 Å². The second kappa shape index (κ2) is 5.94. The van der Waals surface area contributed by atoms with Crippen LogP contribution in [0.15, 0.2) is 12.7 Å². The summed E-state index contributed by atoms with van der Waals surface area (Å²) in [6.45, 7) is 6.00. The highest BCUT2D eigenvalue weighted by Crippen LogP contribution is 2.10. The normalized spacial score (nSPS) is 21.1. The number of rotatable bonds is 4. The van der Waals surface area contributed by atoms with Crippen molar-refractivity contribution in [2.75, 3.05) is 19.7 Å². The Morgan fingerprint density at radius 1 is 1.62 bits per heavy atom. The van der Waals surface area contributed by atoms with Gasteiger partial charge in [0.05, 0.1) is 6.10 Å². The van der Waals surface area contributed by atoms with Gasteiger partial charge in [-0.15, -0.1) is 6.58 Å². The van der Waals surface area contributed by atoms with E-state index in [1.807, 2.05) is 0 Å². The smallest absolute Gasteiger partial charge is 0.166 e. The van der Waals surface area contributed by atoms with Gasteiger partial charge in [0.1, 0.15) is 0 Å². The fourth-order valence-corrected chi connectivity index (χ4v) is 1.41. The van der Waals surface area contributed by atoms with Gasteiger partial charge < -0.3 is 15.4 Å². The van der Waals surface area contributed by atoms with Gasteiger partial charge in [-0.25, -0.2) is 0 Å². The van der Waals surface area contributed by atoms with Crippen LogP contribution in [0, 0.1) is 0 Å². The summed E-state index contributed by atoms with van der Waals surface area (Å²) in [4.78, 5) is 0. The second-order valence-electron chi connectivity index (χ2n) is 3.01. The highest BCUT2D eigenvalue weighted by molar-refractivity contribution is 7.80. The Labute approximate surface area is 84.5 Å². The van der Waals surface area contributed by atoms with Crippen LogP contribution in [-0.2, 0) is 4.74 Å². The van der Waals surface area contributed by atoms with Gasteiger partial charge in [-0.3, -0.25) is 0 Å². The molecule has 0 aromatic heterocycles. The summed E-state index contributed by atoms with van der Waals surface area (Å²) in [6.07, 6.45) is 4.42. The molecule has 0 aromatic carbocycles. The Bertz CT molecular complexity index is 178. The zero-order chi connectivity index (χ0) is 9.52. The van der Waals surface area contributed by atoms with Crippen LogP contribution in [0.25, 0.3) is 0 Å². The van der Waals surface area contributed by atoms with Crippen LogP contribution >= 0.6 is 12.2 Å². The molecule has 1 unspecified atom stereocenters. The van der Waals surface area contributed by atoms with E-state index in [0.29, 0.717) is 17.8 Å². The van der Waals surface area contributed by atoms with Crippen LogP contribution in [0.1, 0.15) is 12.8 Å². The third kappa shape index (κ3) is 4.24. The summed E-state index contributed by atoms with van der Waals surface area (Å²) in [5, 5.41) is 6.79. The van der Waals surface area contributed by atoms with Crippen LogP contribution < -0.4 is 10.6 Å². The Hall–Kier alpha value is -0.610. The van der Waals surface area contributed by atoms with Crippen LogP contribution in [0.2, 0.25) is 0 Å². The summed E-state index contributed by atoms with van der Waals surface area (Å²) < 4.78 is 5.44. The lowest BCUT2D eigenvalue weighted by molar-refractivity contribution is 0.114. The fraction of sp³-hybridized carbons (Fsp3) is 0.667. The Kier molecular flexibility index (Phi) is 4.78. The van der Waals surface area contributed by atoms with Crippen LogP contribution in [0.3, 0.4) is 0 Å². The largest absolute Gasteiger partial charge is 0.376 e. The van der Waals surface area contributed by atoms with Crippen molar-refractivity contribution in [3.8, 4) is 0 Å².